The Morgan fingerprint density at radius 2 is 1.88 bits per heavy atom. The lowest BCUT2D eigenvalue weighted by Crippen LogP contribution is -2.38. The Morgan fingerprint density at radius 3 is 2.56 bits per heavy atom. The summed E-state index contributed by atoms with van der Waals surface area (Å²) in [5, 5.41) is 0.843. The summed E-state index contributed by atoms with van der Waals surface area (Å²) in [5.41, 5.74) is 2.28. The molecule has 0 radical (unpaired) electrons. The van der Waals surface area contributed by atoms with Crippen LogP contribution in [0.1, 0.15) is 24.1 Å². The Balaban J connectivity index is 1.88. The summed E-state index contributed by atoms with van der Waals surface area (Å²) in [6, 6.07) is 14.2. The lowest BCUT2D eigenvalue weighted by atomic mass is 10.0. The number of hydrogen-bond acceptors (Lipinski definition) is 5. The Labute approximate surface area is 198 Å². The maximum atomic E-state index is 13.4. The number of hydrogen-bond donors (Lipinski definition) is 0. The predicted octanol–water partition coefficient (Wildman–Crippen LogP) is 4.38. The molecule has 3 aromatic rings. The molecular formula is C24H18Cl2N2O3S. The van der Waals surface area contributed by atoms with Crippen LogP contribution < -0.4 is 14.9 Å². The molecule has 0 N–H and O–H groups in total. The lowest BCUT2D eigenvalue weighted by Gasteiger charge is -2.21. The highest BCUT2D eigenvalue weighted by molar-refractivity contribution is 7.07. The highest BCUT2D eigenvalue weighted by Gasteiger charge is 2.30. The molecule has 0 saturated carbocycles. The summed E-state index contributed by atoms with van der Waals surface area (Å²) in [4.78, 5) is 31.0. The Hall–Kier alpha value is -2.93. The molecule has 0 amide bonds. The largest absolute Gasteiger partial charge is 0.466 e. The molecule has 0 fully saturated rings. The molecular weight excluding hydrogens is 467 g/mol. The minimum atomic E-state index is -0.644. The average Bonchev–Trinajstić information content (AvgIpc) is 3.09. The zero-order valence-corrected chi connectivity index (χ0v) is 19.5. The van der Waals surface area contributed by atoms with E-state index in [9.17, 15) is 9.59 Å². The van der Waals surface area contributed by atoms with Crippen molar-refractivity contribution in [1.82, 2.24) is 4.57 Å². The molecule has 0 aliphatic carbocycles. The van der Waals surface area contributed by atoms with Gasteiger partial charge >= 0.3 is 5.97 Å². The minimum Gasteiger partial charge on any atom is -0.466 e. The van der Waals surface area contributed by atoms with Crippen molar-refractivity contribution in [3.63, 3.8) is 0 Å². The maximum Gasteiger partial charge on any atom is 0.338 e. The number of rotatable bonds is 4. The number of nitrogens with zero attached hydrogens (tertiary/aromatic N) is 2. The van der Waals surface area contributed by atoms with Crippen LogP contribution in [0.5, 0.6) is 0 Å². The van der Waals surface area contributed by atoms with Crippen molar-refractivity contribution in [3.8, 4) is 0 Å². The predicted molar refractivity (Wildman–Crippen MR) is 129 cm³/mol. The molecule has 4 rings (SSSR count). The first kappa shape index (κ1) is 22.3. The summed E-state index contributed by atoms with van der Waals surface area (Å²) in [6.07, 6.45) is 5.43. The fraction of sp³-hybridized carbons (Fsp3) is 0.125. The minimum absolute atomic E-state index is 0.253. The first-order valence-corrected chi connectivity index (χ1v) is 11.3. The highest BCUT2D eigenvalue weighted by atomic mass is 35.5. The van der Waals surface area contributed by atoms with Crippen LogP contribution in [0, 0.1) is 0 Å². The average molecular weight is 485 g/mol. The van der Waals surface area contributed by atoms with Crippen LogP contribution in [0.25, 0.3) is 12.2 Å². The van der Waals surface area contributed by atoms with Gasteiger partial charge < -0.3 is 4.74 Å². The van der Waals surface area contributed by atoms with E-state index in [4.69, 9.17) is 27.9 Å². The third-order valence-electron chi connectivity index (χ3n) is 4.98. The first-order valence-electron chi connectivity index (χ1n) is 9.68. The van der Waals surface area contributed by atoms with Crippen molar-refractivity contribution in [1.29, 1.82) is 0 Å². The molecule has 1 aliphatic rings. The van der Waals surface area contributed by atoms with Gasteiger partial charge in [-0.3, -0.25) is 9.36 Å². The molecule has 2 aromatic carbocycles. The van der Waals surface area contributed by atoms with E-state index in [0.29, 0.717) is 30.6 Å². The van der Waals surface area contributed by atoms with Gasteiger partial charge in [-0.25, -0.2) is 9.79 Å². The van der Waals surface area contributed by atoms with Crippen molar-refractivity contribution in [2.75, 3.05) is 7.11 Å². The number of aromatic nitrogens is 1. The van der Waals surface area contributed by atoms with Gasteiger partial charge in [-0.15, -0.1) is 0 Å². The van der Waals surface area contributed by atoms with Crippen LogP contribution in [0.2, 0.25) is 10.0 Å². The van der Waals surface area contributed by atoms with Crippen LogP contribution in [0.4, 0.5) is 0 Å². The summed E-state index contributed by atoms with van der Waals surface area (Å²) in [5.74, 6) is -0.521. The summed E-state index contributed by atoms with van der Waals surface area (Å²) >= 11 is 13.4. The van der Waals surface area contributed by atoms with Gasteiger partial charge in [-0.05, 0) is 36.3 Å². The van der Waals surface area contributed by atoms with Crippen LogP contribution >= 0.6 is 34.5 Å². The topological polar surface area (TPSA) is 60.7 Å². The molecule has 8 heteroatoms. The van der Waals surface area contributed by atoms with Gasteiger partial charge in [0.15, 0.2) is 4.80 Å². The Kier molecular flexibility index (Phi) is 6.46. The van der Waals surface area contributed by atoms with Crippen LogP contribution in [-0.2, 0) is 9.53 Å². The highest BCUT2D eigenvalue weighted by Crippen LogP contribution is 2.26. The number of carbonyl (C=O) groups excluding carboxylic acids is 1. The number of halogens is 2. The maximum absolute atomic E-state index is 13.4. The Bertz CT molecular complexity index is 1440. The first-order chi connectivity index (χ1) is 15.4. The van der Waals surface area contributed by atoms with Gasteiger partial charge in [-0.1, -0.05) is 83.1 Å². The van der Waals surface area contributed by atoms with Crippen molar-refractivity contribution >= 4 is 52.7 Å². The molecule has 0 bridgehead atoms. The van der Waals surface area contributed by atoms with E-state index in [0.717, 1.165) is 11.1 Å². The van der Waals surface area contributed by atoms with Crippen molar-refractivity contribution in [2.45, 2.75) is 13.0 Å². The van der Waals surface area contributed by atoms with E-state index in [1.165, 1.54) is 23.0 Å². The van der Waals surface area contributed by atoms with Gasteiger partial charge in [0, 0.05) is 0 Å². The van der Waals surface area contributed by atoms with Gasteiger partial charge in [-0.2, -0.15) is 0 Å². The second-order valence-corrected chi connectivity index (χ2v) is 8.88. The van der Waals surface area contributed by atoms with Crippen molar-refractivity contribution < 1.29 is 9.53 Å². The van der Waals surface area contributed by atoms with Crippen LogP contribution in [0.15, 0.2) is 75.7 Å². The van der Waals surface area contributed by atoms with Crippen LogP contribution in [0.3, 0.4) is 0 Å². The second-order valence-electron chi connectivity index (χ2n) is 7.06. The van der Waals surface area contributed by atoms with E-state index in [1.54, 1.807) is 31.2 Å². The molecule has 1 atom stereocenters. The van der Waals surface area contributed by atoms with Crippen molar-refractivity contribution in [3.05, 3.63) is 107 Å². The number of methoxy groups -OCH3 is 1. The zero-order chi connectivity index (χ0) is 22.8. The molecule has 162 valence electrons. The fourth-order valence-electron chi connectivity index (χ4n) is 3.44. The number of allylic oxidation sites excluding steroid dienone is 2. The molecule has 32 heavy (non-hydrogen) atoms. The molecule has 1 aromatic heterocycles. The molecule has 0 spiro atoms. The van der Waals surface area contributed by atoms with Gasteiger partial charge in [0.1, 0.15) is 0 Å². The van der Waals surface area contributed by atoms with E-state index >= 15 is 0 Å². The molecule has 1 aliphatic heterocycles. The summed E-state index contributed by atoms with van der Waals surface area (Å²) in [6.45, 7) is 1.74. The van der Waals surface area contributed by atoms with Gasteiger partial charge in [0.2, 0.25) is 0 Å². The quantitative estimate of drug-likeness (QED) is 0.516. The second kappa shape index (κ2) is 9.28. The Morgan fingerprint density at radius 1 is 1.12 bits per heavy atom. The smallest absolute Gasteiger partial charge is 0.338 e. The third kappa shape index (κ3) is 4.35. The van der Waals surface area contributed by atoms with E-state index in [1.807, 2.05) is 42.5 Å². The molecule has 1 unspecified atom stereocenters. The lowest BCUT2D eigenvalue weighted by molar-refractivity contribution is -0.136. The third-order valence-corrected chi connectivity index (χ3v) is 6.70. The zero-order valence-electron chi connectivity index (χ0n) is 17.2. The van der Waals surface area contributed by atoms with Crippen molar-refractivity contribution in [2.24, 2.45) is 4.99 Å². The fourth-order valence-corrected chi connectivity index (χ4v) is 4.80. The number of thiazole rings is 1. The normalized spacial score (nSPS) is 16.2. The number of ether oxygens (including phenoxy) is 1. The number of esters is 1. The van der Waals surface area contributed by atoms with Gasteiger partial charge in [0.05, 0.1) is 39.0 Å². The van der Waals surface area contributed by atoms with E-state index < -0.39 is 12.0 Å². The summed E-state index contributed by atoms with van der Waals surface area (Å²) in [7, 11) is 1.32. The molecule has 0 saturated heterocycles. The standard InChI is InChI=1S/C24H18Cl2N2O3S/c1-14-21(23(30)31-2)19(11-9-15-6-4-3-5-7-15)28-22(29)20(32-24(28)27-14)13-16-8-10-17(25)18(26)12-16/h3-13,19H,1-2H3. The SMILES string of the molecule is COC(=O)C1=C(C)N=c2sc(=Cc3ccc(Cl)c(Cl)c3)c(=O)n2C1C=Cc1ccccc1. The van der Waals surface area contributed by atoms with E-state index in [-0.39, 0.29) is 5.56 Å². The summed E-state index contributed by atoms with van der Waals surface area (Å²) < 4.78 is 6.98. The van der Waals surface area contributed by atoms with Crippen LogP contribution in [-0.4, -0.2) is 17.6 Å². The molecule has 5 nitrogen and oxygen atoms in total. The van der Waals surface area contributed by atoms with E-state index in [2.05, 4.69) is 4.99 Å². The monoisotopic (exact) mass is 484 g/mol. The number of fused-ring (bicyclic) bond motifs is 1. The number of carbonyl (C=O) groups is 1. The molecule has 2 heterocycles. The van der Waals surface area contributed by atoms with Gasteiger partial charge in [0.25, 0.3) is 5.56 Å². The number of benzene rings is 2.